The Morgan fingerprint density at radius 3 is 1.90 bits per heavy atom. The van der Waals surface area contributed by atoms with Crippen molar-refractivity contribution in [3.63, 3.8) is 0 Å². The van der Waals surface area contributed by atoms with Gasteiger partial charge >= 0.3 is 29.8 Å². The van der Waals surface area contributed by atoms with E-state index in [0.717, 1.165) is 25.0 Å². The number of hydrogen-bond acceptors (Lipinski definition) is 21. The molecule has 4 aliphatic rings. The second-order valence-corrected chi connectivity index (χ2v) is 27.2. The molecule has 0 radical (unpaired) electrons. The number of ketones is 1. The first-order valence-corrected chi connectivity index (χ1v) is 33.9. The first-order valence-electron chi connectivity index (χ1n) is 33.9. The zero-order chi connectivity index (χ0) is 75.3. The molecule has 28 nitrogen and oxygen atoms in total. The normalized spacial score (nSPS) is 24.5. The quantitative estimate of drug-likeness (QED) is 0.0118. The van der Waals surface area contributed by atoms with Crippen LogP contribution in [0.3, 0.4) is 0 Å². The van der Waals surface area contributed by atoms with E-state index in [9.17, 15) is 63.0 Å². The van der Waals surface area contributed by atoms with Crippen LogP contribution < -0.4 is 38.1 Å². The molecule has 0 aromatic heterocycles. The number of primary amides is 2. The van der Waals surface area contributed by atoms with Crippen LogP contribution in [0.15, 0.2) is 132 Å². The van der Waals surface area contributed by atoms with E-state index in [0.29, 0.717) is 0 Å². The summed E-state index contributed by atoms with van der Waals surface area (Å²) in [5.74, 6) is -13.3. The maximum absolute atomic E-state index is 15.9. The Bertz CT molecular complexity index is 3920. The van der Waals surface area contributed by atoms with Crippen molar-refractivity contribution in [3.8, 4) is 0 Å². The summed E-state index contributed by atoms with van der Waals surface area (Å²) in [4.78, 5) is 178. The number of hydrogen-bond donors (Lipinski definition) is 9. The summed E-state index contributed by atoms with van der Waals surface area (Å²) in [7, 11) is 0. The lowest BCUT2D eigenvalue weighted by molar-refractivity contribution is -0.346. The molecule has 2 saturated carbocycles. The maximum Gasteiger partial charge on any atom is 0.350 e. The van der Waals surface area contributed by atoms with Gasteiger partial charge in [-0.05, 0) is 106 Å². The maximum atomic E-state index is 15.9. The van der Waals surface area contributed by atoms with Crippen LogP contribution in [0.2, 0.25) is 0 Å². The van der Waals surface area contributed by atoms with Crippen molar-refractivity contribution in [2.24, 2.45) is 28.2 Å². The Labute approximate surface area is 595 Å². The second kappa shape index (κ2) is 33.6. The van der Waals surface area contributed by atoms with Gasteiger partial charge in [0, 0.05) is 63.1 Å². The minimum absolute atomic E-state index is 0.00104. The Morgan fingerprint density at radius 2 is 1.31 bits per heavy atom. The van der Waals surface area contributed by atoms with Gasteiger partial charge in [-0.2, -0.15) is 0 Å². The van der Waals surface area contributed by atoms with Crippen LogP contribution in [0.25, 0.3) is 6.08 Å². The number of fused-ring (bicyclic) bond motifs is 5. The van der Waals surface area contributed by atoms with Crippen molar-refractivity contribution >= 4 is 83.1 Å². The van der Waals surface area contributed by atoms with Gasteiger partial charge in [0.1, 0.15) is 48.1 Å². The number of benzene rings is 4. The SMILES string of the molecule is CC(=O)O[C@H]1C(=O)[C@@]2(C)[C@H]([C@H](OC(=O)c3ccccc3)[C@]3(O)C[C@H](OC(=O)[C@H](OC(=O)CCC(=O)NCCCCC(NC(=O)CC[C@H](NC(=O)C(C)NC(=O)/C=C/c4ccc(C)cc4)C(N)=O)C(N)=O)[C@H](NC(=O)c4ccccc4)c4ccccc4)C(C)=C1C3(C)C)[C@]1(OC(C)=O)CO[C@@H]1C[C@@H]2O. The summed E-state index contributed by atoms with van der Waals surface area (Å²) in [5, 5.41) is 39.3. The molecular weight excluding hydrogens is 1330 g/mol. The van der Waals surface area contributed by atoms with E-state index < -0.39 is 192 Å². The van der Waals surface area contributed by atoms with E-state index in [1.54, 1.807) is 60.7 Å². The number of aliphatic hydroxyl groups is 2. The first kappa shape index (κ1) is 78.3. The number of ether oxygens (including phenoxy) is 6. The number of esters is 5. The standard InChI is InChI=1S/C75H89N7O21/c1-41-27-29-46(30-28-41)31-33-56(87)79-43(3)68(93)81-51(67(77)92)32-34-57(88)80-50(66(76)91)26-18-19-37-78-55(86)35-36-58(89)101-62(60(47-20-12-9-13-21-47)82-69(94)48-22-14-10-15-23-48)71(96)100-52-39-75(97)65(102-70(95)49-24-16-11-17-25-49)63-73(8,53(85)38-54-74(63,40-98-54)103-45(5)84)64(90)61(99-44(4)83)59(42(52)2)72(75,6)7/h9-17,20-25,27-31,33,43,50-54,60-63,65,85,97H,18-19,26,32,34-40H2,1-8H3,(H2,76,91)(H2,77,92)(H,78,86)(H,79,87)(H,80,88)(H,81,93)(H,82,94)/b33-31+/t43?,50?,51-,52-,53-,54+,60+,61+,62+,63-,65-,73+,74-,75+/m0/s1. The van der Waals surface area contributed by atoms with Gasteiger partial charge in [-0.3, -0.25) is 52.7 Å². The highest BCUT2D eigenvalue weighted by Gasteiger charge is 2.78. The second-order valence-electron chi connectivity index (χ2n) is 27.2. The zero-order valence-corrected chi connectivity index (χ0v) is 58.6. The van der Waals surface area contributed by atoms with E-state index in [4.69, 9.17) is 39.9 Å². The number of unbranched alkanes of at least 4 members (excludes halogenated alkanes) is 1. The lowest BCUT2D eigenvalue weighted by Crippen LogP contribution is -2.82. The van der Waals surface area contributed by atoms with Gasteiger partial charge in [0.2, 0.25) is 41.5 Å². The molecule has 8 rings (SSSR count). The van der Waals surface area contributed by atoms with E-state index in [1.165, 1.54) is 77.1 Å². The summed E-state index contributed by atoms with van der Waals surface area (Å²) in [6, 6.07) is 25.5. The van der Waals surface area contributed by atoms with Crippen LogP contribution in [-0.4, -0.2) is 166 Å². The number of rotatable bonds is 30. The predicted molar refractivity (Wildman–Crippen MR) is 367 cm³/mol. The number of amides is 7. The van der Waals surface area contributed by atoms with Gasteiger partial charge in [0.15, 0.2) is 17.5 Å². The summed E-state index contributed by atoms with van der Waals surface area (Å²) in [6.07, 6.45) is -10.1. The van der Waals surface area contributed by atoms with E-state index in [-0.39, 0.29) is 72.9 Å². The molecule has 4 aromatic rings. The van der Waals surface area contributed by atoms with E-state index in [2.05, 4.69) is 26.6 Å². The molecule has 2 unspecified atom stereocenters. The third kappa shape index (κ3) is 18.1. The van der Waals surface area contributed by atoms with Crippen LogP contribution in [0, 0.1) is 23.7 Å². The minimum Gasteiger partial charge on any atom is -0.455 e. The smallest absolute Gasteiger partial charge is 0.350 e. The highest BCUT2D eigenvalue weighted by Crippen LogP contribution is 2.64. The molecule has 3 fully saturated rings. The summed E-state index contributed by atoms with van der Waals surface area (Å²) >= 11 is 0. The Hall–Kier alpha value is -10.5. The topological polar surface area (TPSA) is 430 Å². The third-order valence-corrected chi connectivity index (χ3v) is 19.8. The van der Waals surface area contributed by atoms with Crippen LogP contribution in [-0.2, 0) is 81.2 Å². The van der Waals surface area contributed by atoms with Gasteiger partial charge in [0.05, 0.1) is 36.0 Å². The van der Waals surface area contributed by atoms with Gasteiger partial charge in [-0.25, -0.2) is 9.59 Å². The Kier molecular flexibility index (Phi) is 25.5. The number of nitrogens with two attached hydrogens (primary N) is 2. The average Bonchev–Trinajstić information content (AvgIpc) is 0.669. The largest absolute Gasteiger partial charge is 0.455 e. The van der Waals surface area contributed by atoms with Crippen molar-refractivity contribution in [1.82, 2.24) is 26.6 Å². The molecule has 1 heterocycles. The fourth-order valence-corrected chi connectivity index (χ4v) is 14.1. The molecule has 550 valence electrons. The van der Waals surface area contributed by atoms with Gasteiger partial charge in [-0.15, -0.1) is 0 Å². The number of aryl methyl sites for hydroxylation is 1. The molecule has 2 bridgehead atoms. The zero-order valence-electron chi connectivity index (χ0n) is 58.6. The molecule has 7 amide bonds. The van der Waals surface area contributed by atoms with Gasteiger partial charge in [-0.1, -0.05) is 110 Å². The van der Waals surface area contributed by atoms with Crippen molar-refractivity contribution < 1.29 is 101 Å². The van der Waals surface area contributed by atoms with Crippen LogP contribution in [0.5, 0.6) is 0 Å². The number of aliphatic hydroxyl groups excluding tert-OH is 1. The fourth-order valence-electron chi connectivity index (χ4n) is 14.1. The van der Waals surface area contributed by atoms with E-state index >= 15 is 9.59 Å². The summed E-state index contributed by atoms with van der Waals surface area (Å²) in [6.45, 7) is 10.9. The molecule has 3 aliphatic carbocycles. The summed E-state index contributed by atoms with van der Waals surface area (Å²) in [5.41, 5.74) is 4.72. The molecule has 28 heteroatoms. The number of Topliss-reactive ketones (excluding diaryl/α,β-unsaturated/α-hetero) is 1. The number of nitrogens with one attached hydrogen (secondary N) is 5. The van der Waals surface area contributed by atoms with Crippen molar-refractivity contribution in [2.75, 3.05) is 13.2 Å². The number of carbonyl (C=O) groups excluding carboxylic acids is 13. The molecule has 0 spiro atoms. The monoisotopic (exact) mass is 1420 g/mol. The van der Waals surface area contributed by atoms with Gasteiger partial charge < -0.3 is 76.7 Å². The highest BCUT2D eigenvalue weighted by molar-refractivity contribution is 5.98. The molecule has 1 aliphatic heterocycles. The first-order chi connectivity index (χ1) is 48.7. The Morgan fingerprint density at radius 1 is 0.699 bits per heavy atom. The molecule has 4 aromatic carbocycles. The van der Waals surface area contributed by atoms with Crippen molar-refractivity contribution in [3.05, 3.63) is 160 Å². The number of carbonyl (C=O) groups is 13. The predicted octanol–water partition coefficient (Wildman–Crippen LogP) is 3.60. The van der Waals surface area contributed by atoms with Crippen LogP contribution in [0.4, 0.5) is 0 Å². The molecular formula is C75H89N7O21. The molecule has 11 N–H and O–H groups in total. The van der Waals surface area contributed by atoms with Crippen molar-refractivity contribution in [1.29, 1.82) is 0 Å². The molecule has 103 heavy (non-hydrogen) atoms. The minimum atomic E-state index is -2.57. The van der Waals surface area contributed by atoms with Crippen molar-refractivity contribution in [2.45, 2.75) is 185 Å². The lowest BCUT2D eigenvalue weighted by atomic mass is 9.44. The average molecular weight is 1420 g/mol. The molecule has 1 saturated heterocycles. The third-order valence-electron chi connectivity index (χ3n) is 19.8. The van der Waals surface area contributed by atoms with Gasteiger partial charge in [0.25, 0.3) is 5.91 Å². The van der Waals surface area contributed by atoms with Crippen LogP contribution in [0.1, 0.15) is 150 Å². The summed E-state index contributed by atoms with van der Waals surface area (Å²) < 4.78 is 37.0. The molecule has 14 atom stereocenters. The van der Waals surface area contributed by atoms with E-state index in [1.807, 2.05) is 31.2 Å². The van der Waals surface area contributed by atoms with Crippen LogP contribution >= 0.6 is 0 Å². The lowest BCUT2D eigenvalue weighted by Gasteiger charge is -2.67. The highest BCUT2D eigenvalue weighted by atomic mass is 16.6. The Balaban J connectivity index is 0.982. The fraction of sp³-hybridized carbons (Fsp3) is 0.453.